The van der Waals surface area contributed by atoms with Gasteiger partial charge in [-0.15, -0.1) is 0 Å². The Bertz CT molecular complexity index is 632. The summed E-state index contributed by atoms with van der Waals surface area (Å²) in [4.78, 5) is 33.6. The Morgan fingerprint density at radius 3 is 2.50 bits per heavy atom. The van der Waals surface area contributed by atoms with Gasteiger partial charge < -0.3 is 15.7 Å². The maximum Gasteiger partial charge on any atom is 0.308 e. The van der Waals surface area contributed by atoms with E-state index in [0.29, 0.717) is 32.2 Å². The molecule has 8 nitrogen and oxygen atoms in total. The number of benzene rings is 1. The first-order valence-electron chi connectivity index (χ1n) is 8.98. The van der Waals surface area contributed by atoms with Crippen molar-refractivity contribution in [3.8, 4) is 0 Å². The normalized spacial score (nSPS) is 20.0. The lowest BCUT2D eigenvalue weighted by Gasteiger charge is -2.22. The number of nitro benzene ring substituents is 1. The van der Waals surface area contributed by atoms with E-state index in [1.807, 2.05) is 0 Å². The minimum absolute atomic E-state index is 0.0336. The highest BCUT2D eigenvalue weighted by molar-refractivity contribution is 5.78. The molecule has 0 heterocycles. The Balaban J connectivity index is 1.72. The number of hydrogen-bond donors (Lipinski definition) is 3. The lowest BCUT2D eigenvalue weighted by molar-refractivity contribution is -0.384. The maximum atomic E-state index is 12.1. The molecule has 1 saturated carbocycles. The Morgan fingerprint density at radius 2 is 1.85 bits per heavy atom. The summed E-state index contributed by atoms with van der Waals surface area (Å²) in [5.74, 6) is -1.47. The van der Waals surface area contributed by atoms with Crippen molar-refractivity contribution < 1.29 is 19.6 Å². The van der Waals surface area contributed by atoms with Gasteiger partial charge in [-0.25, -0.2) is 0 Å². The molecule has 1 aromatic rings. The van der Waals surface area contributed by atoms with E-state index in [1.54, 1.807) is 12.1 Å². The van der Waals surface area contributed by atoms with Gasteiger partial charge in [-0.3, -0.25) is 19.7 Å². The molecular formula is C18H25N3O5. The first-order chi connectivity index (χ1) is 12.5. The van der Waals surface area contributed by atoms with E-state index >= 15 is 0 Å². The van der Waals surface area contributed by atoms with Gasteiger partial charge in [0.2, 0.25) is 5.91 Å². The minimum Gasteiger partial charge on any atom is -0.481 e. The molecule has 0 aromatic heterocycles. The molecule has 0 aliphatic heterocycles. The van der Waals surface area contributed by atoms with Gasteiger partial charge in [0.05, 0.1) is 10.8 Å². The Morgan fingerprint density at radius 1 is 1.15 bits per heavy atom. The minimum atomic E-state index is -0.836. The van der Waals surface area contributed by atoms with Crippen LogP contribution in [0.5, 0.6) is 0 Å². The van der Waals surface area contributed by atoms with Gasteiger partial charge in [-0.1, -0.05) is 19.3 Å². The predicted molar refractivity (Wildman–Crippen MR) is 97.0 cm³/mol. The molecule has 2 atom stereocenters. The standard InChI is InChI=1S/C18H25N3O5/c22-17(20-16-6-3-1-2-5-15(16)18(23)24)7-4-12-19-13-8-10-14(11-9-13)21(25)26/h8-11,15-16,19H,1-7,12H2,(H,20,22)(H,23,24)/t15-,16+/m1/s1. The van der Waals surface area contributed by atoms with Crippen LogP contribution in [0.1, 0.15) is 44.9 Å². The van der Waals surface area contributed by atoms with E-state index in [0.717, 1.165) is 24.9 Å². The fourth-order valence-electron chi connectivity index (χ4n) is 3.24. The molecule has 2 rings (SSSR count). The van der Waals surface area contributed by atoms with E-state index in [1.165, 1.54) is 12.1 Å². The molecule has 0 unspecified atom stereocenters. The van der Waals surface area contributed by atoms with Gasteiger partial charge in [0.1, 0.15) is 0 Å². The first-order valence-corrected chi connectivity index (χ1v) is 8.98. The predicted octanol–water partition coefficient (Wildman–Crippen LogP) is 2.94. The van der Waals surface area contributed by atoms with Crippen LogP contribution in [0, 0.1) is 16.0 Å². The molecule has 1 amide bonds. The number of aliphatic carboxylic acids is 1. The fraction of sp³-hybridized carbons (Fsp3) is 0.556. The Kier molecular flexibility index (Phi) is 7.37. The summed E-state index contributed by atoms with van der Waals surface area (Å²) >= 11 is 0. The smallest absolute Gasteiger partial charge is 0.308 e. The summed E-state index contributed by atoms with van der Waals surface area (Å²) in [6, 6.07) is 5.81. The zero-order chi connectivity index (χ0) is 18.9. The number of anilines is 1. The number of carbonyl (C=O) groups excluding carboxylic acids is 1. The van der Waals surface area contributed by atoms with Crippen molar-refractivity contribution in [2.45, 2.75) is 51.0 Å². The highest BCUT2D eigenvalue weighted by Gasteiger charge is 2.30. The maximum absolute atomic E-state index is 12.1. The van der Waals surface area contributed by atoms with Crippen molar-refractivity contribution in [2.75, 3.05) is 11.9 Å². The number of carbonyl (C=O) groups is 2. The third-order valence-corrected chi connectivity index (χ3v) is 4.67. The highest BCUT2D eigenvalue weighted by Crippen LogP contribution is 2.24. The van der Waals surface area contributed by atoms with Gasteiger partial charge in [0.25, 0.3) is 5.69 Å². The Hall–Kier alpha value is -2.64. The van der Waals surface area contributed by atoms with Crippen molar-refractivity contribution >= 4 is 23.3 Å². The quantitative estimate of drug-likeness (QED) is 0.282. The SMILES string of the molecule is O=C(CCCNc1ccc([N+](=O)[O-])cc1)N[C@H]1CCCCC[C@H]1C(=O)O. The number of nitro groups is 1. The van der Waals surface area contributed by atoms with E-state index in [9.17, 15) is 24.8 Å². The molecule has 0 saturated heterocycles. The van der Waals surface area contributed by atoms with Crippen LogP contribution in [0.25, 0.3) is 0 Å². The summed E-state index contributed by atoms with van der Waals surface area (Å²) in [7, 11) is 0. The van der Waals surface area contributed by atoms with Crippen LogP contribution in [-0.4, -0.2) is 34.5 Å². The van der Waals surface area contributed by atoms with Gasteiger partial charge in [0.15, 0.2) is 0 Å². The van der Waals surface area contributed by atoms with Crippen LogP contribution in [0.2, 0.25) is 0 Å². The third-order valence-electron chi connectivity index (χ3n) is 4.67. The first kappa shape index (κ1) is 19.7. The summed E-state index contributed by atoms with van der Waals surface area (Å²) in [6.07, 6.45) is 5.07. The molecule has 1 aromatic carbocycles. The number of carboxylic acid groups (broad SMARTS) is 1. The van der Waals surface area contributed by atoms with Crippen LogP contribution < -0.4 is 10.6 Å². The van der Waals surface area contributed by atoms with Crippen LogP contribution in [-0.2, 0) is 9.59 Å². The summed E-state index contributed by atoms with van der Waals surface area (Å²) in [5, 5.41) is 25.9. The zero-order valence-electron chi connectivity index (χ0n) is 14.6. The fourth-order valence-corrected chi connectivity index (χ4v) is 3.24. The Labute approximate surface area is 152 Å². The number of nitrogens with one attached hydrogen (secondary N) is 2. The molecule has 26 heavy (non-hydrogen) atoms. The van der Waals surface area contributed by atoms with Crippen molar-refractivity contribution in [3.63, 3.8) is 0 Å². The summed E-state index contributed by atoms with van der Waals surface area (Å²) in [5.41, 5.74) is 0.789. The lowest BCUT2D eigenvalue weighted by atomic mass is 9.94. The molecule has 8 heteroatoms. The average Bonchev–Trinajstić information content (AvgIpc) is 2.84. The number of non-ortho nitro benzene ring substituents is 1. The average molecular weight is 363 g/mol. The van der Waals surface area contributed by atoms with E-state index in [4.69, 9.17) is 0 Å². The number of rotatable bonds is 8. The van der Waals surface area contributed by atoms with Crippen LogP contribution in [0.3, 0.4) is 0 Å². The second kappa shape index (κ2) is 9.74. The molecule has 0 spiro atoms. The topological polar surface area (TPSA) is 122 Å². The zero-order valence-corrected chi connectivity index (χ0v) is 14.6. The monoisotopic (exact) mass is 363 g/mol. The molecule has 3 N–H and O–H groups in total. The van der Waals surface area contributed by atoms with Gasteiger partial charge in [-0.2, -0.15) is 0 Å². The number of carboxylic acids is 1. The molecule has 1 aliphatic rings. The second-order valence-corrected chi connectivity index (χ2v) is 6.59. The lowest BCUT2D eigenvalue weighted by Crippen LogP contribution is -2.42. The number of nitrogens with zero attached hydrogens (tertiary/aromatic N) is 1. The van der Waals surface area contributed by atoms with Gasteiger partial charge in [0, 0.05) is 36.8 Å². The number of amides is 1. The van der Waals surface area contributed by atoms with E-state index in [2.05, 4.69) is 10.6 Å². The van der Waals surface area contributed by atoms with Crippen molar-refractivity contribution in [1.82, 2.24) is 5.32 Å². The molecule has 1 fully saturated rings. The highest BCUT2D eigenvalue weighted by atomic mass is 16.6. The second-order valence-electron chi connectivity index (χ2n) is 6.59. The molecule has 1 aliphatic carbocycles. The summed E-state index contributed by atoms with van der Waals surface area (Å²) in [6.45, 7) is 0.554. The van der Waals surface area contributed by atoms with Crippen LogP contribution >= 0.6 is 0 Å². The summed E-state index contributed by atoms with van der Waals surface area (Å²) < 4.78 is 0. The van der Waals surface area contributed by atoms with Crippen molar-refractivity contribution in [3.05, 3.63) is 34.4 Å². The van der Waals surface area contributed by atoms with Crippen molar-refractivity contribution in [1.29, 1.82) is 0 Å². The third kappa shape index (κ3) is 6.02. The molecule has 0 radical (unpaired) electrons. The van der Waals surface area contributed by atoms with Crippen LogP contribution in [0.4, 0.5) is 11.4 Å². The van der Waals surface area contributed by atoms with Crippen LogP contribution in [0.15, 0.2) is 24.3 Å². The van der Waals surface area contributed by atoms with Gasteiger partial charge >= 0.3 is 5.97 Å². The number of hydrogen-bond acceptors (Lipinski definition) is 5. The van der Waals surface area contributed by atoms with E-state index < -0.39 is 16.8 Å². The van der Waals surface area contributed by atoms with Crippen molar-refractivity contribution in [2.24, 2.45) is 5.92 Å². The molecular weight excluding hydrogens is 338 g/mol. The molecule has 0 bridgehead atoms. The molecule has 142 valence electrons. The van der Waals surface area contributed by atoms with Gasteiger partial charge in [-0.05, 0) is 31.4 Å². The van der Waals surface area contributed by atoms with E-state index in [-0.39, 0.29) is 17.6 Å². The largest absolute Gasteiger partial charge is 0.481 e.